The van der Waals surface area contributed by atoms with Gasteiger partial charge < -0.3 is 14.4 Å². The van der Waals surface area contributed by atoms with E-state index in [1.54, 1.807) is 0 Å². The molecule has 5 heteroatoms. The Balaban J connectivity index is 2.35. The number of hydrogen-bond donors (Lipinski definition) is 2. The molecule has 0 aromatic rings. The summed E-state index contributed by atoms with van der Waals surface area (Å²) < 4.78 is 11.2. The van der Waals surface area contributed by atoms with Crippen LogP contribution in [0.15, 0.2) is 0 Å². The number of nitrogens with one attached hydrogen (secondary N) is 1. The normalized spacial score (nSPS) is 25.8. The molecule has 3 N–H and O–H groups in total. The first-order valence-corrected chi connectivity index (χ1v) is 5.51. The number of hydrogen-bond acceptors (Lipinski definition) is 5. The third-order valence-corrected chi connectivity index (χ3v) is 2.57. The Morgan fingerprint density at radius 2 is 2.33 bits per heavy atom. The molecular formula is C10H23N3O2. The highest BCUT2D eigenvalue weighted by Gasteiger charge is 2.26. The van der Waals surface area contributed by atoms with Crippen LogP contribution in [0.2, 0.25) is 0 Å². The highest BCUT2D eigenvalue weighted by Crippen LogP contribution is 2.08. The number of morpholine rings is 1. The number of ether oxygens (including phenoxy) is 2. The Bertz CT molecular complexity index is 178. The fraction of sp³-hybridized carbons (Fsp3) is 1.00. The van der Waals surface area contributed by atoms with Gasteiger partial charge >= 0.3 is 0 Å². The molecular weight excluding hydrogens is 194 g/mol. The Morgan fingerprint density at radius 1 is 1.60 bits per heavy atom. The monoisotopic (exact) mass is 217 g/mol. The fourth-order valence-corrected chi connectivity index (χ4v) is 1.61. The molecule has 1 heterocycles. The summed E-state index contributed by atoms with van der Waals surface area (Å²) in [5.74, 6) is 5.51. The zero-order valence-corrected chi connectivity index (χ0v) is 9.90. The van der Waals surface area contributed by atoms with Gasteiger partial charge in [-0.3, -0.25) is 11.3 Å². The fourth-order valence-electron chi connectivity index (χ4n) is 1.61. The van der Waals surface area contributed by atoms with Gasteiger partial charge in [-0.2, -0.15) is 0 Å². The predicted octanol–water partition coefficient (Wildman–Crippen LogP) is -0.426. The molecule has 15 heavy (non-hydrogen) atoms. The quantitative estimate of drug-likeness (QED) is 0.483. The molecule has 1 aliphatic heterocycles. The van der Waals surface area contributed by atoms with Crippen LogP contribution in [-0.4, -0.2) is 56.5 Å². The number of likely N-dealkylation sites (N-methyl/N-ethyl adjacent to an activating group) is 1. The summed E-state index contributed by atoms with van der Waals surface area (Å²) in [6.07, 6.45) is 0.342. The molecule has 0 aromatic heterocycles. The summed E-state index contributed by atoms with van der Waals surface area (Å²) in [6.45, 7) is 7.27. The van der Waals surface area contributed by atoms with Crippen LogP contribution in [0.1, 0.15) is 13.8 Å². The molecule has 1 fully saturated rings. The van der Waals surface area contributed by atoms with Crippen LogP contribution in [0, 0.1) is 0 Å². The first-order valence-electron chi connectivity index (χ1n) is 5.51. The Kier molecular flexibility index (Phi) is 5.49. The SMILES string of the molecule is CC(C)OCC(NN)C1CN(C)CCO1. The highest BCUT2D eigenvalue weighted by molar-refractivity contribution is 4.80. The lowest BCUT2D eigenvalue weighted by Gasteiger charge is -2.34. The van der Waals surface area contributed by atoms with Crippen molar-refractivity contribution in [1.29, 1.82) is 0 Å². The first-order chi connectivity index (χ1) is 7.13. The van der Waals surface area contributed by atoms with Crippen molar-refractivity contribution in [1.82, 2.24) is 10.3 Å². The highest BCUT2D eigenvalue weighted by atomic mass is 16.5. The van der Waals surface area contributed by atoms with Crippen molar-refractivity contribution in [2.45, 2.75) is 32.1 Å². The molecule has 1 aliphatic rings. The molecule has 0 aromatic carbocycles. The molecule has 0 bridgehead atoms. The molecule has 0 amide bonds. The van der Waals surface area contributed by atoms with Crippen molar-refractivity contribution >= 4 is 0 Å². The standard InChI is InChI=1S/C10H23N3O2/c1-8(2)15-7-9(12-11)10-6-13(3)4-5-14-10/h8-10,12H,4-7,11H2,1-3H3. The van der Waals surface area contributed by atoms with Crippen molar-refractivity contribution < 1.29 is 9.47 Å². The van der Waals surface area contributed by atoms with E-state index in [2.05, 4.69) is 17.4 Å². The van der Waals surface area contributed by atoms with Gasteiger partial charge in [0.25, 0.3) is 0 Å². The molecule has 0 spiro atoms. The van der Waals surface area contributed by atoms with Gasteiger partial charge in [-0.1, -0.05) is 0 Å². The van der Waals surface area contributed by atoms with Gasteiger partial charge in [0, 0.05) is 13.1 Å². The second-order valence-electron chi connectivity index (χ2n) is 4.33. The van der Waals surface area contributed by atoms with Gasteiger partial charge in [0.1, 0.15) is 0 Å². The van der Waals surface area contributed by atoms with Crippen LogP contribution >= 0.6 is 0 Å². The van der Waals surface area contributed by atoms with Gasteiger partial charge in [-0.05, 0) is 20.9 Å². The second kappa shape index (κ2) is 6.40. The van der Waals surface area contributed by atoms with Crippen LogP contribution in [-0.2, 0) is 9.47 Å². The van der Waals surface area contributed by atoms with E-state index in [9.17, 15) is 0 Å². The average molecular weight is 217 g/mol. The number of nitrogens with zero attached hydrogens (tertiary/aromatic N) is 1. The average Bonchev–Trinajstić information content (AvgIpc) is 2.18. The Labute approximate surface area is 91.9 Å². The van der Waals surface area contributed by atoms with Crippen molar-refractivity contribution in [3.63, 3.8) is 0 Å². The maximum atomic E-state index is 5.67. The van der Waals surface area contributed by atoms with Crippen molar-refractivity contribution in [2.75, 3.05) is 33.4 Å². The molecule has 0 radical (unpaired) electrons. The van der Waals surface area contributed by atoms with Crippen LogP contribution in [0.3, 0.4) is 0 Å². The van der Waals surface area contributed by atoms with Crippen molar-refractivity contribution in [3.8, 4) is 0 Å². The molecule has 1 saturated heterocycles. The van der Waals surface area contributed by atoms with E-state index >= 15 is 0 Å². The van der Waals surface area contributed by atoms with Gasteiger partial charge in [0.2, 0.25) is 0 Å². The molecule has 0 saturated carbocycles. The number of rotatable bonds is 5. The van der Waals surface area contributed by atoms with Gasteiger partial charge in [0.05, 0.1) is 31.5 Å². The molecule has 5 nitrogen and oxygen atoms in total. The maximum absolute atomic E-state index is 5.67. The van der Waals surface area contributed by atoms with Crippen LogP contribution < -0.4 is 11.3 Å². The summed E-state index contributed by atoms with van der Waals surface area (Å²) in [7, 11) is 2.09. The third kappa shape index (κ3) is 4.44. The maximum Gasteiger partial charge on any atom is 0.0891 e. The minimum atomic E-state index is 0.0650. The number of nitrogens with two attached hydrogens (primary N) is 1. The number of hydrazine groups is 1. The van der Waals surface area contributed by atoms with E-state index < -0.39 is 0 Å². The smallest absolute Gasteiger partial charge is 0.0891 e. The zero-order valence-electron chi connectivity index (χ0n) is 9.90. The summed E-state index contributed by atoms with van der Waals surface area (Å²) in [5.41, 5.74) is 2.77. The largest absolute Gasteiger partial charge is 0.377 e. The van der Waals surface area contributed by atoms with Gasteiger partial charge in [-0.25, -0.2) is 0 Å². The zero-order chi connectivity index (χ0) is 11.3. The van der Waals surface area contributed by atoms with E-state index in [0.717, 1.165) is 19.7 Å². The lowest BCUT2D eigenvalue weighted by molar-refractivity contribution is -0.0608. The summed E-state index contributed by atoms with van der Waals surface area (Å²) in [4.78, 5) is 2.24. The van der Waals surface area contributed by atoms with Crippen molar-refractivity contribution in [2.24, 2.45) is 5.84 Å². The van der Waals surface area contributed by atoms with Crippen molar-refractivity contribution in [3.05, 3.63) is 0 Å². The van der Waals surface area contributed by atoms with Crippen LogP contribution in [0.5, 0.6) is 0 Å². The van der Waals surface area contributed by atoms with E-state index in [-0.39, 0.29) is 18.2 Å². The lowest BCUT2D eigenvalue weighted by Crippen LogP contribution is -2.55. The molecule has 90 valence electrons. The summed E-state index contributed by atoms with van der Waals surface area (Å²) in [5, 5.41) is 0. The van der Waals surface area contributed by atoms with E-state index in [1.165, 1.54) is 0 Å². The minimum Gasteiger partial charge on any atom is -0.377 e. The van der Waals surface area contributed by atoms with Gasteiger partial charge in [0.15, 0.2) is 0 Å². The Morgan fingerprint density at radius 3 is 2.87 bits per heavy atom. The van der Waals surface area contributed by atoms with E-state index in [4.69, 9.17) is 15.3 Å². The van der Waals surface area contributed by atoms with Crippen LogP contribution in [0.25, 0.3) is 0 Å². The molecule has 2 atom stereocenters. The predicted molar refractivity (Wildman–Crippen MR) is 59.4 cm³/mol. The molecule has 1 rings (SSSR count). The summed E-state index contributed by atoms with van der Waals surface area (Å²) >= 11 is 0. The topological polar surface area (TPSA) is 59.8 Å². The lowest BCUT2D eigenvalue weighted by atomic mass is 10.1. The third-order valence-electron chi connectivity index (χ3n) is 2.57. The molecule has 0 aliphatic carbocycles. The molecule has 2 unspecified atom stereocenters. The minimum absolute atomic E-state index is 0.0650. The van der Waals surface area contributed by atoms with E-state index in [1.807, 2.05) is 13.8 Å². The summed E-state index contributed by atoms with van der Waals surface area (Å²) in [6, 6.07) is 0.0650. The second-order valence-corrected chi connectivity index (χ2v) is 4.33. The first kappa shape index (κ1) is 12.9. The Hall–Kier alpha value is -0.200. The van der Waals surface area contributed by atoms with Gasteiger partial charge in [-0.15, -0.1) is 0 Å². The van der Waals surface area contributed by atoms with Crippen LogP contribution in [0.4, 0.5) is 0 Å². The van der Waals surface area contributed by atoms with E-state index in [0.29, 0.717) is 6.61 Å².